The lowest BCUT2D eigenvalue weighted by Crippen LogP contribution is -2.37. The van der Waals surface area contributed by atoms with Gasteiger partial charge in [0.1, 0.15) is 11.9 Å². The average Bonchev–Trinajstić information content (AvgIpc) is 2.89. The van der Waals surface area contributed by atoms with Crippen LogP contribution in [0.25, 0.3) is 16.9 Å². The Hall–Kier alpha value is -2.89. The van der Waals surface area contributed by atoms with Gasteiger partial charge in [0.15, 0.2) is 5.65 Å². The number of amides is 1. The molecule has 3 N–H and O–H groups in total. The predicted molar refractivity (Wildman–Crippen MR) is 104 cm³/mol. The molecule has 0 aliphatic heterocycles. The topological polar surface area (TPSA) is 85.3 Å². The number of hydrogen-bond acceptors (Lipinski definition) is 4. The van der Waals surface area contributed by atoms with Crippen molar-refractivity contribution in [3.05, 3.63) is 47.7 Å². The van der Waals surface area contributed by atoms with E-state index < -0.39 is 6.04 Å². The summed E-state index contributed by atoms with van der Waals surface area (Å²) in [5.74, 6) is 0.687. The van der Waals surface area contributed by atoms with Gasteiger partial charge >= 0.3 is 0 Å². The van der Waals surface area contributed by atoms with Crippen LogP contribution in [0.4, 0.5) is 5.82 Å². The molecule has 136 valence electrons. The normalized spacial score (nSPS) is 12.5. The number of primary amides is 1. The van der Waals surface area contributed by atoms with Gasteiger partial charge in [0.25, 0.3) is 0 Å². The van der Waals surface area contributed by atoms with E-state index in [1.807, 2.05) is 50.2 Å². The number of aryl methyl sites for hydroxylation is 2. The van der Waals surface area contributed by atoms with Crippen molar-refractivity contribution in [2.24, 2.45) is 11.7 Å². The van der Waals surface area contributed by atoms with E-state index in [1.165, 1.54) is 0 Å². The van der Waals surface area contributed by atoms with E-state index in [2.05, 4.69) is 24.3 Å². The Morgan fingerprint density at radius 1 is 1.23 bits per heavy atom. The molecule has 2 aromatic heterocycles. The number of nitrogens with two attached hydrogens (primary N) is 1. The highest BCUT2D eigenvalue weighted by Gasteiger charge is 2.20. The molecule has 0 saturated carbocycles. The molecule has 3 rings (SSSR count). The number of nitrogens with zero attached hydrogens (tertiary/aromatic N) is 3. The number of benzene rings is 1. The summed E-state index contributed by atoms with van der Waals surface area (Å²) in [6, 6.07) is 11.4. The molecule has 1 aromatic carbocycles. The number of nitrogens with one attached hydrogen (secondary N) is 1. The molecule has 0 spiro atoms. The van der Waals surface area contributed by atoms with E-state index >= 15 is 0 Å². The van der Waals surface area contributed by atoms with Gasteiger partial charge in [-0.25, -0.2) is 4.98 Å². The maximum Gasteiger partial charge on any atom is 0.239 e. The first-order valence-corrected chi connectivity index (χ1v) is 8.85. The third kappa shape index (κ3) is 3.54. The zero-order valence-electron chi connectivity index (χ0n) is 15.7. The van der Waals surface area contributed by atoms with Crippen molar-refractivity contribution in [2.45, 2.75) is 40.2 Å². The predicted octanol–water partition coefficient (Wildman–Crippen LogP) is 3.33. The van der Waals surface area contributed by atoms with Gasteiger partial charge in [-0.3, -0.25) is 4.79 Å². The van der Waals surface area contributed by atoms with E-state index in [-0.39, 0.29) is 5.91 Å². The molecular formula is C20H25N5O. The van der Waals surface area contributed by atoms with E-state index in [0.717, 1.165) is 34.0 Å². The Balaban J connectivity index is 2.13. The van der Waals surface area contributed by atoms with Crippen LogP contribution in [0, 0.1) is 19.8 Å². The number of fused-ring (bicyclic) bond motifs is 1. The van der Waals surface area contributed by atoms with Crippen LogP contribution in [0.3, 0.4) is 0 Å². The van der Waals surface area contributed by atoms with Crippen LogP contribution < -0.4 is 11.1 Å². The summed E-state index contributed by atoms with van der Waals surface area (Å²) in [7, 11) is 0. The number of carbonyl (C=O) groups excluding carboxylic acids is 1. The molecule has 6 nitrogen and oxygen atoms in total. The summed E-state index contributed by atoms with van der Waals surface area (Å²) < 4.78 is 1.76. The van der Waals surface area contributed by atoms with E-state index in [0.29, 0.717) is 12.3 Å². The van der Waals surface area contributed by atoms with Crippen molar-refractivity contribution in [1.82, 2.24) is 14.6 Å². The molecule has 0 aliphatic rings. The van der Waals surface area contributed by atoms with Crippen molar-refractivity contribution in [3.63, 3.8) is 0 Å². The molecule has 1 amide bonds. The summed E-state index contributed by atoms with van der Waals surface area (Å²) in [6.45, 7) is 8.09. The SMILES string of the molecule is Cc1nn2c(N[C@H](CC(C)C)C(N)=O)cc(-c3ccccc3)nc2c1C. The fraction of sp³-hybridized carbons (Fsp3) is 0.350. The molecule has 0 saturated heterocycles. The van der Waals surface area contributed by atoms with E-state index in [1.54, 1.807) is 4.52 Å². The van der Waals surface area contributed by atoms with Crippen molar-refractivity contribution in [1.29, 1.82) is 0 Å². The Bertz CT molecular complexity index is 930. The number of anilines is 1. The van der Waals surface area contributed by atoms with Crippen molar-refractivity contribution < 1.29 is 4.79 Å². The van der Waals surface area contributed by atoms with Gasteiger partial charge in [-0.05, 0) is 26.2 Å². The van der Waals surface area contributed by atoms with Crippen molar-refractivity contribution in [2.75, 3.05) is 5.32 Å². The second-order valence-corrected chi connectivity index (χ2v) is 7.07. The zero-order chi connectivity index (χ0) is 18.8. The molecule has 0 bridgehead atoms. The minimum absolute atomic E-state index is 0.340. The molecule has 0 radical (unpaired) electrons. The smallest absolute Gasteiger partial charge is 0.239 e. The monoisotopic (exact) mass is 351 g/mol. The second-order valence-electron chi connectivity index (χ2n) is 7.07. The van der Waals surface area contributed by atoms with Crippen LogP contribution in [0.2, 0.25) is 0 Å². The maximum atomic E-state index is 11.9. The molecular weight excluding hydrogens is 326 g/mol. The lowest BCUT2D eigenvalue weighted by molar-refractivity contribution is -0.119. The highest BCUT2D eigenvalue weighted by atomic mass is 16.1. The summed E-state index contributed by atoms with van der Waals surface area (Å²) >= 11 is 0. The number of carbonyl (C=O) groups is 1. The van der Waals surface area contributed by atoms with Crippen LogP contribution in [-0.4, -0.2) is 26.5 Å². The van der Waals surface area contributed by atoms with Gasteiger partial charge in [0, 0.05) is 17.2 Å². The Kier molecular flexibility index (Phi) is 4.93. The lowest BCUT2D eigenvalue weighted by Gasteiger charge is -2.19. The van der Waals surface area contributed by atoms with Crippen molar-refractivity contribution >= 4 is 17.4 Å². The second kappa shape index (κ2) is 7.15. The number of aromatic nitrogens is 3. The fourth-order valence-electron chi connectivity index (χ4n) is 2.98. The minimum Gasteiger partial charge on any atom is -0.368 e. The Morgan fingerprint density at radius 2 is 1.92 bits per heavy atom. The summed E-state index contributed by atoms with van der Waals surface area (Å²) in [5, 5.41) is 7.87. The summed E-state index contributed by atoms with van der Waals surface area (Å²) in [6.07, 6.45) is 0.652. The molecule has 1 atom stereocenters. The van der Waals surface area contributed by atoms with Crippen LogP contribution in [0.5, 0.6) is 0 Å². The van der Waals surface area contributed by atoms with Crippen LogP contribution in [0.1, 0.15) is 31.5 Å². The third-order valence-electron chi connectivity index (χ3n) is 4.50. The molecule has 0 aliphatic carbocycles. The van der Waals surface area contributed by atoms with E-state index in [9.17, 15) is 4.79 Å². The molecule has 6 heteroatoms. The standard InChI is InChI=1S/C20H25N5O/c1-12(2)10-17(19(21)26)22-18-11-16(15-8-6-5-7-9-15)23-20-13(3)14(4)24-25(18)20/h5-9,11-12,17,22H,10H2,1-4H3,(H2,21,26)/t17-/m1/s1. The first kappa shape index (κ1) is 17.9. The molecule has 3 aromatic rings. The van der Waals surface area contributed by atoms with Gasteiger partial charge in [-0.15, -0.1) is 0 Å². The first-order valence-electron chi connectivity index (χ1n) is 8.85. The van der Waals surface area contributed by atoms with Gasteiger partial charge in [0.05, 0.1) is 11.4 Å². The molecule has 2 heterocycles. The number of hydrogen-bond donors (Lipinski definition) is 2. The van der Waals surface area contributed by atoms with Gasteiger partial charge < -0.3 is 11.1 Å². The van der Waals surface area contributed by atoms with E-state index in [4.69, 9.17) is 10.7 Å². The van der Waals surface area contributed by atoms with Gasteiger partial charge in [-0.2, -0.15) is 9.61 Å². The maximum absolute atomic E-state index is 11.9. The quantitative estimate of drug-likeness (QED) is 0.713. The third-order valence-corrected chi connectivity index (χ3v) is 4.50. The molecule has 0 unspecified atom stereocenters. The highest BCUT2D eigenvalue weighted by Crippen LogP contribution is 2.25. The highest BCUT2D eigenvalue weighted by molar-refractivity contribution is 5.83. The van der Waals surface area contributed by atoms with Gasteiger partial charge in [-0.1, -0.05) is 44.2 Å². The fourth-order valence-corrected chi connectivity index (χ4v) is 2.98. The Labute approximate surface area is 153 Å². The Morgan fingerprint density at radius 3 is 2.54 bits per heavy atom. The average molecular weight is 351 g/mol. The van der Waals surface area contributed by atoms with Crippen LogP contribution in [-0.2, 0) is 4.79 Å². The minimum atomic E-state index is -0.464. The summed E-state index contributed by atoms with van der Waals surface area (Å²) in [5.41, 5.74) is 10.2. The number of rotatable bonds is 6. The van der Waals surface area contributed by atoms with Crippen LogP contribution >= 0.6 is 0 Å². The molecule has 0 fully saturated rings. The van der Waals surface area contributed by atoms with Crippen LogP contribution in [0.15, 0.2) is 36.4 Å². The summed E-state index contributed by atoms with van der Waals surface area (Å²) in [4.78, 5) is 16.7. The molecule has 26 heavy (non-hydrogen) atoms. The van der Waals surface area contributed by atoms with Gasteiger partial charge in [0.2, 0.25) is 5.91 Å². The first-order chi connectivity index (χ1) is 12.4. The largest absolute Gasteiger partial charge is 0.368 e. The lowest BCUT2D eigenvalue weighted by atomic mass is 10.0. The zero-order valence-corrected chi connectivity index (χ0v) is 15.7. The van der Waals surface area contributed by atoms with Crippen molar-refractivity contribution in [3.8, 4) is 11.3 Å².